The van der Waals surface area contributed by atoms with Crippen LogP contribution in [0, 0.1) is 17.7 Å². The third kappa shape index (κ3) is 3.84. The first-order chi connectivity index (χ1) is 16.6. The van der Waals surface area contributed by atoms with Crippen LogP contribution < -0.4 is 4.90 Å². The molecule has 0 spiro atoms. The number of benzene rings is 2. The van der Waals surface area contributed by atoms with Crippen molar-refractivity contribution in [2.75, 3.05) is 31.2 Å². The van der Waals surface area contributed by atoms with Crippen LogP contribution in [-0.4, -0.2) is 44.0 Å². The quantitative estimate of drug-likeness (QED) is 0.528. The predicted octanol–water partition coefficient (Wildman–Crippen LogP) is 4.34. The highest BCUT2D eigenvalue weighted by atomic mass is 19.1. The van der Waals surface area contributed by atoms with Gasteiger partial charge in [0.05, 0.1) is 11.1 Å². The van der Waals surface area contributed by atoms with Gasteiger partial charge in [-0.25, -0.2) is 4.39 Å². The summed E-state index contributed by atoms with van der Waals surface area (Å²) in [6.07, 6.45) is 7.75. The van der Waals surface area contributed by atoms with Crippen LogP contribution in [0.3, 0.4) is 0 Å². The number of hydrogen-bond donors (Lipinski definition) is 1. The number of nitrogens with zero attached hydrogens (tertiary/aromatic N) is 1. The molecule has 0 radical (unpaired) electrons. The fraction of sp³-hybridized carbons (Fsp3) is 0.429. The number of rotatable bonds is 5. The molecule has 5 rings (SSSR count). The van der Waals surface area contributed by atoms with E-state index in [4.69, 9.17) is 4.74 Å². The van der Waals surface area contributed by atoms with E-state index in [9.17, 15) is 14.7 Å². The number of aromatic hydroxyl groups is 1. The van der Waals surface area contributed by atoms with E-state index < -0.39 is 5.41 Å². The molecule has 1 N–H and O–H groups in total. The van der Waals surface area contributed by atoms with E-state index in [-0.39, 0.29) is 23.4 Å². The Hall–Kier alpha value is -2.99. The number of fused-ring (bicyclic) bond motifs is 1. The van der Waals surface area contributed by atoms with Crippen LogP contribution in [-0.2, 0) is 26.2 Å². The molecule has 34 heavy (non-hydrogen) atoms. The number of piperidine rings is 1. The third-order valence-corrected chi connectivity index (χ3v) is 7.82. The average Bonchev–Trinajstić information content (AvgIpc) is 2.88. The van der Waals surface area contributed by atoms with Crippen LogP contribution in [0.2, 0.25) is 0 Å². The molecular formula is C28H30FNO4. The number of anilines is 1. The minimum absolute atomic E-state index is 0.0410. The maximum Gasteiger partial charge on any atom is 0.146 e. The van der Waals surface area contributed by atoms with Crippen molar-refractivity contribution in [1.29, 1.82) is 0 Å². The van der Waals surface area contributed by atoms with Crippen LogP contribution in [0.4, 0.5) is 10.1 Å². The summed E-state index contributed by atoms with van der Waals surface area (Å²) in [6, 6.07) is 10.3. The van der Waals surface area contributed by atoms with Crippen molar-refractivity contribution in [3.05, 3.63) is 70.6 Å². The molecule has 2 fully saturated rings. The number of carbonyl (C=O) groups is 2. The standard InChI is InChI=1S/C28H30FNO4/c29-26-16-22(2-6-27(26)30-11-7-19(17-31)8-12-30)28(18-32)24(20-9-13-34-14-10-20)4-1-21-15-23(33)3-5-25(21)28/h2-6,15-20,33H,1,7-14H2. The van der Waals surface area contributed by atoms with Crippen molar-refractivity contribution in [2.24, 2.45) is 11.8 Å². The summed E-state index contributed by atoms with van der Waals surface area (Å²) in [4.78, 5) is 26.1. The molecule has 6 heteroatoms. The van der Waals surface area contributed by atoms with Crippen LogP contribution in [0.1, 0.15) is 42.4 Å². The van der Waals surface area contributed by atoms with E-state index in [0.29, 0.717) is 44.0 Å². The average molecular weight is 464 g/mol. The summed E-state index contributed by atoms with van der Waals surface area (Å²) in [5.41, 5.74) is 2.70. The van der Waals surface area contributed by atoms with E-state index in [2.05, 4.69) is 6.08 Å². The highest BCUT2D eigenvalue weighted by molar-refractivity contribution is 5.83. The zero-order chi connectivity index (χ0) is 23.7. The summed E-state index contributed by atoms with van der Waals surface area (Å²) < 4.78 is 21.1. The molecule has 0 bridgehead atoms. The Morgan fingerprint density at radius 1 is 1.03 bits per heavy atom. The van der Waals surface area contributed by atoms with Gasteiger partial charge in [-0.05, 0) is 84.6 Å². The number of phenolic OH excluding ortho intramolecular Hbond substituents is 1. The Morgan fingerprint density at radius 3 is 2.47 bits per heavy atom. The molecule has 5 nitrogen and oxygen atoms in total. The lowest BCUT2D eigenvalue weighted by atomic mass is 9.61. The highest BCUT2D eigenvalue weighted by Gasteiger charge is 2.45. The summed E-state index contributed by atoms with van der Waals surface area (Å²) >= 11 is 0. The number of ether oxygens (including phenoxy) is 1. The van der Waals surface area contributed by atoms with Gasteiger partial charge < -0.3 is 24.3 Å². The second-order valence-electron chi connectivity index (χ2n) is 9.64. The Morgan fingerprint density at radius 2 is 1.79 bits per heavy atom. The second kappa shape index (κ2) is 9.34. The zero-order valence-corrected chi connectivity index (χ0v) is 19.2. The van der Waals surface area contributed by atoms with Gasteiger partial charge in [0, 0.05) is 32.2 Å². The van der Waals surface area contributed by atoms with E-state index in [1.165, 1.54) is 6.07 Å². The van der Waals surface area contributed by atoms with Gasteiger partial charge in [-0.15, -0.1) is 0 Å². The molecule has 2 saturated heterocycles. The second-order valence-corrected chi connectivity index (χ2v) is 9.64. The monoisotopic (exact) mass is 463 g/mol. The van der Waals surface area contributed by atoms with Crippen LogP contribution >= 0.6 is 0 Å². The zero-order valence-electron chi connectivity index (χ0n) is 19.2. The maximum atomic E-state index is 15.6. The fourth-order valence-corrected chi connectivity index (χ4v) is 5.97. The highest BCUT2D eigenvalue weighted by Crippen LogP contribution is 2.48. The summed E-state index contributed by atoms with van der Waals surface area (Å²) in [6.45, 7) is 2.55. The SMILES string of the molecule is O=CC1CCN(c2ccc(C3(C=O)C(C4CCOCC4)=CCc4cc(O)ccc43)cc2F)CC1. The molecule has 2 aliphatic heterocycles. The lowest BCUT2D eigenvalue weighted by Crippen LogP contribution is -2.40. The van der Waals surface area contributed by atoms with E-state index in [0.717, 1.165) is 55.0 Å². The molecule has 2 heterocycles. The minimum atomic E-state index is -1.10. The van der Waals surface area contributed by atoms with Crippen molar-refractivity contribution >= 4 is 18.3 Å². The summed E-state index contributed by atoms with van der Waals surface area (Å²) in [5.74, 6) is 0.00693. The van der Waals surface area contributed by atoms with Crippen LogP contribution in [0.25, 0.3) is 0 Å². The number of carbonyl (C=O) groups excluding carboxylic acids is 2. The Kier molecular flexibility index (Phi) is 6.26. The van der Waals surface area contributed by atoms with Crippen LogP contribution in [0.15, 0.2) is 48.0 Å². The van der Waals surface area contributed by atoms with Gasteiger partial charge in [0.2, 0.25) is 0 Å². The first kappa shape index (κ1) is 22.8. The Balaban J connectivity index is 1.58. The lowest BCUT2D eigenvalue weighted by Gasteiger charge is -2.41. The Labute approximate surface area is 199 Å². The van der Waals surface area contributed by atoms with Gasteiger partial charge in [0.15, 0.2) is 0 Å². The molecule has 2 aromatic carbocycles. The largest absolute Gasteiger partial charge is 0.508 e. The van der Waals surface area contributed by atoms with Crippen molar-refractivity contribution in [3.63, 3.8) is 0 Å². The van der Waals surface area contributed by atoms with E-state index >= 15 is 4.39 Å². The molecule has 1 aliphatic carbocycles. The van der Waals surface area contributed by atoms with Crippen LogP contribution in [0.5, 0.6) is 5.75 Å². The third-order valence-electron chi connectivity index (χ3n) is 7.82. The predicted molar refractivity (Wildman–Crippen MR) is 128 cm³/mol. The normalized spacial score (nSPS) is 23.8. The Bertz CT molecular complexity index is 1120. The lowest BCUT2D eigenvalue weighted by molar-refractivity contribution is -0.112. The van der Waals surface area contributed by atoms with Gasteiger partial charge in [0.25, 0.3) is 0 Å². The molecule has 1 atom stereocenters. The molecule has 2 aromatic rings. The number of halogens is 1. The van der Waals surface area contributed by atoms with Gasteiger partial charge in [-0.3, -0.25) is 0 Å². The number of phenols is 1. The van der Waals surface area contributed by atoms with Crippen molar-refractivity contribution in [3.8, 4) is 5.75 Å². The topological polar surface area (TPSA) is 66.8 Å². The fourth-order valence-electron chi connectivity index (χ4n) is 5.97. The van der Waals surface area contributed by atoms with Gasteiger partial charge in [-0.2, -0.15) is 0 Å². The van der Waals surface area contributed by atoms with Gasteiger partial charge in [0.1, 0.15) is 24.1 Å². The molecule has 0 aromatic heterocycles. The molecule has 0 amide bonds. The molecule has 3 aliphatic rings. The maximum absolute atomic E-state index is 15.6. The number of aldehydes is 2. The number of allylic oxidation sites excluding steroid dienone is 2. The first-order valence-electron chi connectivity index (χ1n) is 12.1. The molecular weight excluding hydrogens is 433 g/mol. The molecule has 0 saturated carbocycles. The van der Waals surface area contributed by atoms with Crippen molar-refractivity contribution in [2.45, 2.75) is 37.5 Å². The minimum Gasteiger partial charge on any atom is -0.508 e. The van der Waals surface area contributed by atoms with Crippen molar-refractivity contribution < 1.29 is 23.8 Å². The van der Waals surface area contributed by atoms with E-state index in [1.807, 2.05) is 11.0 Å². The number of hydrogen-bond acceptors (Lipinski definition) is 5. The van der Waals surface area contributed by atoms with Crippen molar-refractivity contribution in [1.82, 2.24) is 0 Å². The smallest absolute Gasteiger partial charge is 0.146 e. The summed E-state index contributed by atoms with van der Waals surface area (Å²) in [7, 11) is 0. The van der Waals surface area contributed by atoms with Gasteiger partial charge >= 0.3 is 0 Å². The molecule has 178 valence electrons. The van der Waals surface area contributed by atoms with E-state index in [1.54, 1.807) is 24.3 Å². The summed E-state index contributed by atoms with van der Waals surface area (Å²) in [5, 5.41) is 10.1. The van der Waals surface area contributed by atoms with Gasteiger partial charge in [-0.1, -0.05) is 18.2 Å². The molecule has 1 unspecified atom stereocenters. The first-order valence-corrected chi connectivity index (χ1v) is 12.1.